The van der Waals surface area contributed by atoms with Gasteiger partial charge in [0, 0.05) is 32.3 Å². The second-order valence-corrected chi connectivity index (χ2v) is 7.65. The third kappa shape index (κ3) is 5.77. The Bertz CT molecular complexity index is 969. The highest BCUT2D eigenvalue weighted by Crippen LogP contribution is 2.22. The lowest BCUT2D eigenvalue weighted by molar-refractivity contribution is -0.121. The fraction of sp³-hybridized carbons (Fsp3) is 0.333. The molecule has 6 nitrogen and oxygen atoms in total. The maximum Gasteiger partial charge on any atom is 0.220 e. The van der Waals surface area contributed by atoms with Gasteiger partial charge in [-0.15, -0.1) is 0 Å². The molecule has 1 N–H and O–H groups in total. The van der Waals surface area contributed by atoms with E-state index >= 15 is 0 Å². The van der Waals surface area contributed by atoms with Crippen molar-refractivity contribution in [2.45, 2.75) is 18.9 Å². The molecule has 0 aliphatic carbocycles. The highest BCUT2D eigenvalue weighted by Gasteiger charge is 2.23. The average Bonchev–Trinajstić information content (AvgIpc) is 3.29. The lowest BCUT2D eigenvalue weighted by Gasteiger charge is -2.35. The standard InChI is InChI=1S/C24H27FN4O2/c25-21-9-7-20(8-10-21)23(28-12-14-31-15-13-28)17-26-24(30)11-6-19-16-27-29(18-19)22-4-2-1-3-5-22/h1-5,7-10,16,18,23H,6,11-15,17H2,(H,26,30). The number of nitrogens with one attached hydrogen (secondary N) is 1. The number of carbonyl (C=O) groups is 1. The smallest absolute Gasteiger partial charge is 0.220 e. The van der Waals surface area contributed by atoms with Crippen LogP contribution in [-0.4, -0.2) is 53.4 Å². The first-order valence-electron chi connectivity index (χ1n) is 10.6. The Hall–Kier alpha value is -3.03. The lowest BCUT2D eigenvalue weighted by atomic mass is 10.0. The second-order valence-electron chi connectivity index (χ2n) is 7.65. The molecule has 7 heteroatoms. The van der Waals surface area contributed by atoms with E-state index in [0.29, 0.717) is 32.6 Å². The summed E-state index contributed by atoms with van der Waals surface area (Å²) in [6.07, 6.45) is 4.77. The van der Waals surface area contributed by atoms with Crippen molar-refractivity contribution in [1.29, 1.82) is 0 Å². The molecular formula is C24H27FN4O2. The third-order valence-corrected chi connectivity index (χ3v) is 5.53. The van der Waals surface area contributed by atoms with E-state index in [1.165, 1.54) is 12.1 Å². The van der Waals surface area contributed by atoms with E-state index in [2.05, 4.69) is 15.3 Å². The van der Waals surface area contributed by atoms with E-state index in [0.717, 1.165) is 29.9 Å². The van der Waals surface area contributed by atoms with Crippen LogP contribution in [0.15, 0.2) is 67.0 Å². The van der Waals surface area contributed by atoms with Gasteiger partial charge in [0.2, 0.25) is 5.91 Å². The number of aromatic nitrogens is 2. The summed E-state index contributed by atoms with van der Waals surface area (Å²) in [5.41, 5.74) is 3.00. The highest BCUT2D eigenvalue weighted by atomic mass is 19.1. The van der Waals surface area contributed by atoms with E-state index in [4.69, 9.17) is 4.74 Å². The Labute approximate surface area is 181 Å². The van der Waals surface area contributed by atoms with Crippen LogP contribution in [0.25, 0.3) is 5.69 Å². The zero-order valence-corrected chi connectivity index (χ0v) is 17.4. The van der Waals surface area contributed by atoms with Gasteiger partial charge < -0.3 is 10.1 Å². The normalized spacial score (nSPS) is 15.5. The average molecular weight is 423 g/mol. The quantitative estimate of drug-likeness (QED) is 0.606. The van der Waals surface area contributed by atoms with Gasteiger partial charge in [0.25, 0.3) is 0 Å². The molecule has 0 radical (unpaired) electrons. The van der Waals surface area contributed by atoms with Crippen molar-refractivity contribution in [2.24, 2.45) is 0 Å². The molecule has 3 aromatic rings. The molecule has 0 saturated carbocycles. The summed E-state index contributed by atoms with van der Waals surface area (Å²) < 4.78 is 20.6. The van der Waals surface area contributed by atoms with E-state index in [-0.39, 0.29) is 17.8 Å². The maximum absolute atomic E-state index is 13.4. The first-order valence-corrected chi connectivity index (χ1v) is 10.6. The third-order valence-electron chi connectivity index (χ3n) is 5.53. The van der Waals surface area contributed by atoms with E-state index in [1.807, 2.05) is 41.2 Å². The molecule has 0 spiro atoms. The van der Waals surface area contributed by atoms with E-state index in [1.54, 1.807) is 18.3 Å². The van der Waals surface area contributed by atoms with Gasteiger partial charge in [-0.25, -0.2) is 9.07 Å². The van der Waals surface area contributed by atoms with Gasteiger partial charge in [0.05, 0.1) is 31.1 Å². The number of aryl methyl sites for hydroxylation is 1. The van der Waals surface area contributed by atoms with Crippen molar-refractivity contribution in [3.8, 4) is 5.69 Å². The Morgan fingerprint density at radius 3 is 2.58 bits per heavy atom. The summed E-state index contributed by atoms with van der Waals surface area (Å²) in [7, 11) is 0. The SMILES string of the molecule is O=C(CCc1cnn(-c2ccccc2)c1)NCC(c1ccc(F)cc1)N1CCOCC1. The molecule has 0 bridgehead atoms. The molecule has 1 saturated heterocycles. The fourth-order valence-corrected chi connectivity index (χ4v) is 3.80. The van der Waals surface area contributed by atoms with Gasteiger partial charge in [-0.05, 0) is 41.8 Å². The highest BCUT2D eigenvalue weighted by molar-refractivity contribution is 5.76. The molecule has 1 aromatic heterocycles. The van der Waals surface area contributed by atoms with Crippen LogP contribution in [0, 0.1) is 5.82 Å². The molecule has 31 heavy (non-hydrogen) atoms. The summed E-state index contributed by atoms with van der Waals surface area (Å²) in [5, 5.41) is 7.44. The Kier molecular flexibility index (Phi) is 7.07. The summed E-state index contributed by atoms with van der Waals surface area (Å²) in [4.78, 5) is 14.8. The van der Waals surface area contributed by atoms with Crippen molar-refractivity contribution >= 4 is 5.91 Å². The van der Waals surface area contributed by atoms with Gasteiger partial charge in [-0.1, -0.05) is 30.3 Å². The van der Waals surface area contributed by atoms with Crippen molar-refractivity contribution in [3.05, 3.63) is 83.9 Å². The molecule has 1 unspecified atom stereocenters. The number of halogens is 1. The van der Waals surface area contributed by atoms with Crippen molar-refractivity contribution < 1.29 is 13.9 Å². The Morgan fingerprint density at radius 2 is 1.84 bits per heavy atom. The number of amides is 1. The van der Waals surface area contributed by atoms with Crippen LogP contribution in [0.5, 0.6) is 0 Å². The summed E-state index contributed by atoms with van der Waals surface area (Å²) >= 11 is 0. The number of benzene rings is 2. The van der Waals surface area contributed by atoms with Gasteiger partial charge >= 0.3 is 0 Å². The topological polar surface area (TPSA) is 59.4 Å². The van der Waals surface area contributed by atoms with Crippen LogP contribution in [0.3, 0.4) is 0 Å². The molecule has 4 rings (SSSR count). The van der Waals surface area contributed by atoms with Gasteiger partial charge in [0.1, 0.15) is 5.82 Å². The van der Waals surface area contributed by atoms with Crippen LogP contribution < -0.4 is 5.32 Å². The van der Waals surface area contributed by atoms with Crippen molar-refractivity contribution in [2.75, 3.05) is 32.8 Å². The largest absolute Gasteiger partial charge is 0.379 e. The minimum atomic E-state index is -0.260. The zero-order chi connectivity index (χ0) is 21.5. The van der Waals surface area contributed by atoms with Gasteiger partial charge in [0.15, 0.2) is 0 Å². The van der Waals surface area contributed by atoms with Gasteiger partial charge in [-0.3, -0.25) is 9.69 Å². The second kappa shape index (κ2) is 10.3. The van der Waals surface area contributed by atoms with Crippen LogP contribution in [0.4, 0.5) is 4.39 Å². The molecule has 2 aromatic carbocycles. The molecule has 2 heterocycles. The minimum absolute atomic E-state index is 0.00530. The number of rotatable bonds is 8. The van der Waals surface area contributed by atoms with Crippen molar-refractivity contribution in [1.82, 2.24) is 20.0 Å². The van der Waals surface area contributed by atoms with Crippen LogP contribution in [0.2, 0.25) is 0 Å². The van der Waals surface area contributed by atoms with Gasteiger partial charge in [-0.2, -0.15) is 5.10 Å². The van der Waals surface area contributed by atoms with E-state index in [9.17, 15) is 9.18 Å². The predicted molar refractivity (Wildman–Crippen MR) is 116 cm³/mol. The Morgan fingerprint density at radius 1 is 1.10 bits per heavy atom. The number of hydrogen-bond acceptors (Lipinski definition) is 4. The number of hydrogen-bond donors (Lipinski definition) is 1. The zero-order valence-electron chi connectivity index (χ0n) is 17.4. The molecule has 1 aliphatic rings. The predicted octanol–water partition coefficient (Wildman–Crippen LogP) is 3.13. The number of nitrogens with zero attached hydrogens (tertiary/aromatic N) is 3. The first kappa shape index (κ1) is 21.2. The molecule has 1 fully saturated rings. The molecule has 1 amide bonds. The van der Waals surface area contributed by atoms with Crippen LogP contribution in [-0.2, 0) is 16.0 Å². The first-order chi connectivity index (χ1) is 15.2. The molecule has 1 aliphatic heterocycles. The monoisotopic (exact) mass is 422 g/mol. The minimum Gasteiger partial charge on any atom is -0.379 e. The summed E-state index contributed by atoms with van der Waals surface area (Å²) in [6.45, 7) is 3.38. The van der Waals surface area contributed by atoms with Crippen molar-refractivity contribution in [3.63, 3.8) is 0 Å². The molecule has 1 atom stereocenters. The summed E-state index contributed by atoms with van der Waals surface area (Å²) in [6, 6.07) is 16.4. The van der Waals surface area contributed by atoms with E-state index < -0.39 is 0 Å². The lowest BCUT2D eigenvalue weighted by Crippen LogP contribution is -2.43. The summed E-state index contributed by atoms with van der Waals surface area (Å²) in [5.74, 6) is -0.266. The molecule has 162 valence electrons. The number of carbonyl (C=O) groups excluding carboxylic acids is 1. The number of ether oxygens (including phenoxy) is 1. The number of morpholine rings is 1. The van der Waals surface area contributed by atoms with Crippen LogP contribution >= 0.6 is 0 Å². The van der Waals surface area contributed by atoms with Crippen LogP contribution in [0.1, 0.15) is 23.6 Å². The Balaban J connectivity index is 1.32. The fourth-order valence-electron chi connectivity index (χ4n) is 3.80. The maximum atomic E-state index is 13.4. The number of para-hydroxylation sites is 1. The molecular weight excluding hydrogens is 395 g/mol.